The summed E-state index contributed by atoms with van der Waals surface area (Å²) < 4.78 is 16.4. The van der Waals surface area contributed by atoms with Crippen molar-refractivity contribution in [1.29, 1.82) is 0 Å². The van der Waals surface area contributed by atoms with Crippen LogP contribution in [0.2, 0.25) is 0 Å². The highest BCUT2D eigenvalue weighted by atomic mass is 32.2. The number of benzene rings is 2. The van der Waals surface area contributed by atoms with E-state index in [0.717, 1.165) is 28.4 Å². The zero-order valence-electron chi connectivity index (χ0n) is 12.5. The van der Waals surface area contributed by atoms with Gasteiger partial charge in [-0.2, -0.15) is 0 Å². The first-order valence-electron chi connectivity index (χ1n) is 7.20. The predicted octanol–water partition coefficient (Wildman–Crippen LogP) is 4.07. The van der Waals surface area contributed by atoms with Gasteiger partial charge in [-0.3, -0.25) is 0 Å². The summed E-state index contributed by atoms with van der Waals surface area (Å²) in [4.78, 5) is 0. The van der Waals surface area contributed by atoms with Gasteiger partial charge >= 0.3 is 0 Å². The standard InChI is InChI=1S/C17H14N2O3S/c1-11-2-5-13(6-3-11)16-18-19-17(22-16)23-9-12-4-7-14-15(8-12)21-10-20-14/h2-8H,9-10H2,1H3. The highest BCUT2D eigenvalue weighted by molar-refractivity contribution is 7.98. The van der Waals surface area contributed by atoms with Crippen LogP contribution in [-0.4, -0.2) is 17.0 Å². The van der Waals surface area contributed by atoms with Crippen LogP contribution in [0.3, 0.4) is 0 Å². The summed E-state index contributed by atoms with van der Waals surface area (Å²) in [5.74, 6) is 2.84. The maximum atomic E-state index is 5.71. The molecule has 4 rings (SSSR count). The molecule has 0 radical (unpaired) electrons. The van der Waals surface area contributed by atoms with E-state index in [0.29, 0.717) is 11.1 Å². The van der Waals surface area contributed by atoms with Gasteiger partial charge in [-0.05, 0) is 36.8 Å². The van der Waals surface area contributed by atoms with Gasteiger partial charge in [0, 0.05) is 11.3 Å². The summed E-state index contributed by atoms with van der Waals surface area (Å²) >= 11 is 1.50. The Hall–Kier alpha value is -2.47. The number of rotatable bonds is 4. The normalized spacial score (nSPS) is 12.6. The van der Waals surface area contributed by atoms with Crippen molar-refractivity contribution in [3.8, 4) is 23.0 Å². The molecule has 2 heterocycles. The van der Waals surface area contributed by atoms with Crippen LogP contribution < -0.4 is 9.47 Å². The molecule has 1 aliphatic heterocycles. The summed E-state index contributed by atoms with van der Waals surface area (Å²) in [5, 5.41) is 8.75. The predicted molar refractivity (Wildman–Crippen MR) is 86.6 cm³/mol. The molecular formula is C17H14N2O3S. The average Bonchev–Trinajstić information content (AvgIpc) is 3.22. The highest BCUT2D eigenvalue weighted by Gasteiger charge is 2.14. The molecule has 3 aromatic rings. The maximum Gasteiger partial charge on any atom is 0.277 e. The Balaban J connectivity index is 1.44. The summed E-state index contributed by atoms with van der Waals surface area (Å²) in [6, 6.07) is 13.9. The fourth-order valence-corrected chi connectivity index (χ4v) is 2.96. The highest BCUT2D eigenvalue weighted by Crippen LogP contribution is 2.34. The Bertz CT molecular complexity index is 830. The minimum Gasteiger partial charge on any atom is -0.454 e. The number of hydrogen-bond acceptors (Lipinski definition) is 6. The monoisotopic (exact) mass is 326 g/mol. The molecule has 1 aliphatic rings. The van der Waals surface area contributed by atoms with Gasteiger partial charge in [0.25, 0.3) is 5.22 Å². The van der Waals surface area contributed by atoms with Crippen molar-refractivity contribution in [2.75, 3.05) is 6.79 Å². The Morgan fingerprint density at radius 2 is 1.83 bits per heavy atom. The Labute approximate surface area is 137 Å². The third kappa shape index (κ3) is 3.03. The minimum atomic E-state index is 0.287. The molecule has 0 spiro atoms. The van der Waals surface area contributed by atoms with Crippen molar-refractivity contribution in [2.24, 2.45) is 0 Å². The zero-order chi connectivity index (χ0) is 15.6. The molecule has 1 aromatic heterocycles. The number of fused-ring (bicyclic) bond motifs is 1. The Morgan fingerprint density at radius 3 is 2.70 bits per heavy atom. The molecule has 0 saturated heterocycles. The van der Waals surface area contributed by atoms with Crippen molar-refractivity contribution >= 4 is 11.8 Å². The summed E-state index contributed by atoms with van der Waals surface area (Å²) in [5.41, 5.74) is 3.25. The Kier molecular flexibility index (Phi) is 3.67. The van der Waals surface area contributed by atoms with Crippen LogP contribution in [0.25, 0.3) is 11.5 Å². The first kappa shape index (κ1) is 14.1. The molecule has 0 fully saturated rings. The van der Waals surface area contributed by atoms with Crippen LogP contribution in [0.1, 0.15) is 11.1 Å². The number of nitrogens with zero attached hydrogens (tertiary/aromatic N) is 2. The number of ether oxygens (including phenoxy) is 2. The van der Waals surface area contributed by atoms with Gasteiger partial charge in [-0.15, -0.1) is 10.2 Å². The van der Waals surface area contributed by atoms with E-state index in [9.17, 15) is 0 Å². The van der Waals surface area contributed by atoms with E-state index < -0.39 is 0 Å². The second-order valence-electron chi connectivity index (χ2n) is 5.22. The average molecular weight is 326 g/mol. The molecule has 2 aromatic carbocycles. The minimum absolute atomic E-state index is 0.287. The van der Waals surface area contributed by atoms with Crippen LogP contribution in [0.15, 0.2) is 52.1 Å². The first-order valence-corrected chi connectivity index (χ1v) is 8.18. The molecule has 23 heavy (non-hydrogen) atoms. The van der Waals surface area contributed by atoms with E-state index in [1.165, 1.54) is 17.3 Å². The lowest BCUT2D eigenvalue weighted by Gasteiger charge is -2.00. The van der Waals surface area contributed by atoms with E-state index in [1.807, 2.05) is 49.4 Å². The van der Waals surface area contributed by atoms with E-state index in [-0.39, 0.29) is 6.79 Å². The lowest BCUT2D eigenvalue weighted by molar-refractivity contribution is 0.174. The van der Waals surface area contributed by atoms with Gasteiger partial charge in [0.05, 0.1) is 0 Å². The number of thioether (sulfide) groups is 1. The van der Waals surface area contributed by atoms with Crippen LogP contribution in [0.5, 0.6) is 11.5 Å². The van der Waals surface area contributed by atoms with Crippen molar-refractivity contribution in [3.63, 3.8) is 0 Å². The Morgan fingerprint density at radius 1 is 1.00 bits per heavy atom. The van der Waals surface area contributed by atoms with Crippen molar-refractivity contribution in [3.05, 3.63) is 53.6 Å². The summed E-state index contributed by atoms with van der Waals surface area (Å²) in [6.45, 7) is 2.33. The zero-order valence-corrected chi connectivity index (χ0v) is 13.3. The topological polar surface area (TPSA) is 57.4 Å². The van der Waals surface area contributed by atoms with Crippen molar-refractivity contribution in [2.45, 2.75) is 17.9 Å². The third-order valence-corrected chi connectivity index (χ3v) is 4.39. The van der Waals surface area contributed by atoms with Gasteiger partial charge in [0.1, 0.15) is 0 Å². The quantitative estimate of drug-likeness (QED) is 0.674. The molecule has 6 heteroatoms. The molecule has 0 atom stereocenters. The maximum absolute atomic E-state index is 5.71. The van der Waals surface area contributed by atoms with E-state index in [1.54, 1.807) is 0 Å². The molecule has 0 saturated carbocycles. The molecular weight excluding hydrogens is 312 g/mol. The van der Waals surface area contributed by atoms with Crippen LogP contribution in [-0.2, 0) is 5.75 Å². The van der Waals surface area contributed by atoms with Crippen molar-refractivity contribution < 1.29 is 13.9 Å². The van der Waals surface area contributed by atoms with E-state index in [2.05, 4.69) is 10.2 Å². The number of aromatic nitrogens is 2. The molecule has 0 amide bonds. The fourth-order valence-electron chi connectivity index (χ4n) is 2.26. The summed E-state index contributed by atoms with van der Waals surface area (Å²) in [6.07, 6.45) is 0. The molecule has 5 nitrogen and oxygen atoms in total. The number of hydrogen-bond donors (Lipinski definition) is 0. The molecule has 0 aliphatic carbocycles. The molecule has 116 valence electrons. The number of aryl methyl sites for hydroxylation is 1. The lowest BCUT2D eigenvalue weighted by Crippen LogP contribution is -1.92. The van der Waals surface area contributed by atoms with Crippen LogP contribution >= 0.6 is 11.8 Å². The van der Waals surface area contributed by atoms with E-state index >= 15 is 0 Å². The van der Waals surface area contributed by atoms with Gasteiger partial charge in [0.2, 0.25) is 12.7 Å². The van der Waals surface area contributed by atoms with Gasteiger partial charge in [-0.25, -0.2) is 0 Å². The van der Waals surface area contributed by atoms with Crippen LogP contribution in [0, 0.1) is 6.92 Å². The third-order valence-electron chi connectivity index (χ3n) is 3.50. The second kappa shape index (κ2) is 5.96. The van der Waals surface area contributed by atoms with Crippen molar-refractivity contribution in [1.82, 2.24) is 10.2 Å². The largest absolute Gasteiger partial charge is 0.454 e. The van der Waals surface area contributed by atoms with E-state index in [4.69, 9.17) is 13.9 Å². The molecule has 0 unspecified atom stereocenters. The first-order chi connectivity index (χ1) is 11.3. The van der Waals surface area contributed by atoms with Gasteiger partial charge in [-0.1, -0.05) is 35.5 Å². The van der Waals surface area contributed by atoms with Gasteiger partial charge < -0.3 is 13.9 Å². The molecule has 0 bridgehead atoms. The SMILES string of the molecule is Cc1ccc(-c2nnc(SCc3ccc4c(c3)OCO4)o2)cc1. The fraction of sp³-hybridized carbons (Fsp3) is 0.176. The van der Waals surface area contributed by atoms with Crippen LogP contribution in [0.4, 0.5) is 0 Å². The lowest BCUT2D eigenvalue weighted by atomic mass is 10.1. The molecule has 0 N–H and O–H groups in total. The smallest absolute Gasteiger partial charge is 0.277 e. The van der Waals surface area contributed by atoms with Gasteiger partial charge in [0.15, 0.2) is 11.5 Å². The second-order valence-corrected chi connectivity index (χ2v) is 6.14. The summed E-state index contributed by atoms with van der Waals surface area (Å²) in [7, 11) is 0.